The summed E-state index contributed by atoms with van der Waals surface area (Å²) in [5.74, 6) is 1.70. The lowest BCUT2D eigenvalue weighted by Gasteiger charge is -2.20. The van der Waals surface area contributed by atoms with Crippen LogP contribution in [0, 0.1) is 5.92 Å². The quantitative estimate of drug-likeness (QED) is 0.588. The Kier molecular flexibility index (Phi) is 6.06. The predicted molar refractivity (Wildman–Crippen MR) is 104 cm³/mol. The molecule has 0 radical (unpaired) electrons. The van der Waals surface area contributed by atoms with E-state index in [4.69, 9.17) is 0 Å². The van der Waals surface area contributed by atoms with Crippen LogP contribution in [-0.2, 0) is 0 Å². The van der Waals surface area contributed by atoms with Crippen LogP contribution in [0.4, 0.5) is 0 Å². The fourth-order valence-corrected chi connectivity index (χ4v) is 4.51. The van der Waals surface area contributed by atoms with Gasteiger partial charge in [-0.3, -0.25) is 4.99 Å². The van der Waals surface area contributed by atoms with E-state index in [2.05, 4.69) is 57.8 Å². The minimum Gasteiger partial charge on any atom is -0.356 e. The summed E-state index contributed by atoms with van der Waals surface area (Å²) in [5.41, 5.74) is 0. The number of nitrogens with one attached hydrogen (secondary N) is 2. The van der Waals surface area contributed by atoms with Crippen LogP contribution in [0.25, 0.3) is 0 Å². The second-order valence-corrected chi connectivity index (χ2v) is 8.49. The molecule has 3 rings (SSSR count). The summed E-state index contributed by atoms with van der Waals surface area (Å²) in [5, 5.41) is 7.07. The lowest BCUT2D eigenvalue weighted by atomic mass is 10.1. The first-order chi connectivity index (χ1) is 11.7. The molecule has 2 fully saturated rings. The van der Waals surface area contributed by atoms with Crippen LogP contribution in [0.15, 0.2) is 40.2 Å². The van der Waals surface area contributed by atoms with Gasteiger partial charge in [0, 0.05) is 36.3 Å². The Hall–Kier alpha value is -1.20. The smallest absolute Gasteiger partial charge is 0.191 e. The van der Waals surface area contributed by atoms with Crippen LogP contribution in [0.3, 0.4) is 0 Å². The van der Waals surface area contributed by atoms with Gasteiger partial charge in [0.25, 0.3) is 0 Å². The van der Waals surface area contributed by atoms with E-state index in [-0.39, 0.29) is 0 Å². The zero-order chi connectivity index (χ0) is 16.8. The number of nitrogens with zero attached hydrogens (tertiary/aromatic N) is 2. The maximum atomic E-state index is 4.40. The molecule has 0 amide bonds. The lowest BCUT2D eigenvalue weighted by Crippen LogP contribution is -2.43. The van der Waals surface area contributed by atoms with Crippen molar-refractivity contribution in [2.45, 2.75) is 35.8 Å². The molecule has 1 saturated heterocycles. The zero-order valence-corrected chi connectivity index (χ0v) is 15.7. The van der Waals surface area contributed by atoms with Crippen molar-refractivity contribution >= 4 is 17.7 Å². The molecule has 1 unspecified atom stereocenters. The van der Waals surface area contributed by atoms with Crippen molar-refractivity contribution < 1.29 is 0 Å². The average Bonchev–Trinajstić information content (AvgIpc) is 3.21. The van der Waals surface area contributed by atoms with E-state index in [1.54, 1.807) is 0 Å². The number of guanidine groups is 1. The summed E-state index contributed by atoms with van der Waals surface area (Å²) in [6, 6.07) is 10.7. The number of likely N-dealkylation sites (tertiary alicyclic amines) is 1. The van der Waals surface area contributed by atoms with E-state index in [0.717, 1.165) is 25.0 Å². The first-order valence-corrected chi connectivity index (χ1v) is 9.95. The fraction of sp³-hybridized carbons (Fsp3) is 0.632. The molecule has 1 aromatic carbocycles. The molecule has 2 N–H and O–H groups in total. The van der Waals surface area contributed by atoms with Crippen molar-refractivity contribution in [3.05, 3.63) is 30.3 Å². The highest BCUT2D eigenvalue weighted by Gasteiger charge is 2.43. The molecule has 1 heterocycles. The minimum atomic E-state index is 0.353. The highest BCUT2D eigenvalue weighted by molar-refractivity contribution is 8.01. The molecule has 132 valence electrons. The van der Waals surface area contributed by atoms with Gasteiger partial charge in [0.15, 0.2) is 5.96 Å². The van der Waals surface area contributed by atoms with E-state index in [1.807, 2.05) is 18.8 Å². The van der Waals surface area contributed by atoms with Crippen molar-refractivity contribution in [2.24, 2.45) is 10.9 Å². The summed E-state index contributed by atoms with van der Waals surface area (Å²) < 4.78 is 0.353. The van der Waals surface area contributed by atoms with Gasteiger partial charge in [0.1, 0.15) is 0 Å². The molecule has 0 spiro atoms. The third-order valence-electron chi connectivity index (χ3n) is 5.06. The number of thioether (sulfide) groups is 1. The van der Waals surface area contributed by atoms with Crippen molar-refractivity contribution in [1.29, 1.82) is 0 Å². The Labute approximate surface area is 150 Å². The van der Waals surface area contributed by atoms with E-state index in [9.17, 15) is 0 Å². The molecule has 1 aliphatic carbocycles. The molecule has 1 atom stereocenters. The summed E-state index contributed by atoms with van der Waals surface area (Å²) in [7, 11) is 1.87. The molecule has 24 heavy (non-hydrogen) atoms. The number of aliphatic imine (C=N–C) groups is 1. The second kappa shape index (κ2) is 8.26. The topological polar surface area (TPSA) is 39.7 Å². The van der Waals surface area contributed by atoms with E-state index in [0.29, 0.717) is 4.75 Å². The minimum absolute atomic E-state index is 0.353. The van der Waals surface area contributed by atoms with Gasteiger partial charge in [-0.1, -0.05) is 25.1 Å². The Morgan fingerprint density at radius 1 is 1.29 bits per heavy atom. The van der Waals surface area contributed by atoms with E-state index < -0.39 is 0 Å². The molecule has 2 aliphatic rings. The molecule has 1 aromatic rings. The van der Waals surface area contributed by atoms with Crippen LogP contribution in [0.2, 0.25) is 0 Å². The normalized spacial score (nSPS) is 23.2. The van der Waals surface area contributed by atoms with Gasteiger partial charge in [0.2, 0.25) is 0 Å². The van der Waals surface area contributed by atoms with Crippen molar-refractivity contribution in [1.82, 2.24) is 15.5 Å². The Morgan fingerprint density at radius 3 is 2.71 bits per heavy atom. The Morgan fingerprint density at radius 2 is 2.08 bits per heavy atom. The second-order valence-electron chi connectivity index (χ2n) is 6.95. The number of hydrogen-bond donors (Lipinski definition) is 2. The average molecular weight is 347 g/mol. The maximum absolute atomic E-state index is 4.40. The first kappa shape index (κ1) is 17.6. The monoisotopic (exact) mass is 346 g/mol. The zero-order valence-electron chi connectivity index (χ0n) is 14.9. The van der Waals surface area contributed by atoms with Crippen LogP contribution < -0.4 is 10.6 Å². The summed E-state index contributed by atoms with van der Waals surface area (Å²) in [6.07, 6.45) is 3.86. The fourth-order valence-electron chi connectivity index (χ4n) is 3.27. The molecule has 1 aliphatic heterocycles. The van der Waals surface area contributed by atoms with Gasteiger partial charge >= 0.3 is 0 Å². The van der Waals surface area contributed by atoms with Gasteiger partial charge in [-0.05, 0) is 50.4 Å². The third-order valence-corrected chi connectivity index (χ3v) is 6.56. The molecule has 5 heteroatoms. The van der Waals surface area contributed by atoms with Crippen LogP contribution in [0.1, 0.15) is 26.2 Å². The molecule has 4 nitrogen and oxygen atoms in total. The molecular formula is C19H30N4S. The summed E-state index contributed by atoms with van der Waals surface area (Å²) in [6.45, 7) is 7.88. The van der Waals surface area contributed by atoms with E-state index >= 15 is 0 Å². The van der Waals surface area contributed by atoms with Crippen LogP contribution in [-0.4, -0.2) is 55.4 Å². The molecular weight excluding hydrogens is 316 g/mol. The van der Waals surface area contributed by atoms with Crippen molar-refractivity contribution in [3.63, 3.8) is 0 Å². The van der Waals surface area contributed by atoms with Gasteiger partial charge < -0.3 is 15.5 Å². The Balaban J connectivity index is 1.41. The SMILES string of the molecule is CCN1CCC(CNC(=NC)NCC2(Sc3ccccc3)CC2)C1. The van der Waals surface area contributed by atoms with Crippen LogP contribution >= 0.6 is 11.8 Å². The Bertz CT molecular complexity index is 542. The number of benzene rings is 1. The highest BCUT2D eigenvalue weighted by atomic mass is 32.2. The first-order valence-electron chi connectivity index (χ1n) is 9.14. The highest BCUT2D eigenvalue weighted by Crippen LogP contribution is 2.51. The number of rotatable bonds is 7. The largest absolute Gasteiger partial charge is 0.356 e. The summed E-state index contributed by atoms with van der Waals surface area (Å²) >= 11 is 2.00. The summed E-state index contributed by atoms with van der Waals surface area (Å²) in [4.78, 5) is 8.29. The van der Waals surface area contributed by atoms with Gasteiger partial charge in [-0.25, -0.2) is 0 Å². The molecule has 1 saturated carbocycles. The maximum Gasteiger partial charge on any atom is 0.191 e. The van der Waals surface area contributed by atoms with Gasteiger partial charge in [0.05, 0.1) is 0 Å². The molecule has 0 aromatic heterocycles. The van der Waals surface area contributed by atoms with Crippen molar-refractivity contribution in [2.75, 3.05) is 39.8 Å². The van der Waals surface area contributed by atoms with Crippen LogP contribution in [0.5, 0.6) is 0 Å². The van der Waals surface area contributed by atoms with Gasteiger partial charge in [-0.15, -0.1) is 11.8 Å². The van der Waals surface area contributed by atoms with Gasteiger partial charge in [-0.2, -0.15) is 0 Å². The van der Waals surface area contributed by atoms with E-state index in [1.165, 1.54) is 43.8 Å². The van der Waals surface area contributed by atoms with Crippen molar-refractivity contribution in [3.8, 4) is 0 Å². The standard InChI is InChI=1S/C19H30N4S/c1-3-23-12-9-16(14-23)13-21-18(20-2)22-15-19(10-11-19)24-17-7-5-4-6-8-17/h4-8,16H,3,9-15H2,1-2H3,(H2,20,21,22). The lowest BCUT2D eigenvalue weighted by molar-refractivity contribution is 0.342. The predicted octanol–water partition coefficient (Wildman–Crippen LogP) is 2.82. The third kappa shape index (κ3) is 4.90. The number of hydrogen-bond acceptors (Lipinski definition) is 3. The molecule has 0 bridgehead atoms.